The third kappa shape index (κ3) is 3.84. The summed E-state index contributed by atoms with van der Waals surface area (Å²) in [4.78, 5) is 16.3. The van der Waals surface area contributed by atoms with Crippen LogP contribution in [0.5, 0.6) is 0 Å². The highest BCUT2D eigenvalue weighted by Crippen LogP contribution is 2.31. The minimum absolute atomic E-state index is 0.117. The zero-order valence-corrected chi connectivity index (χ0v) is 13.7. The van der Waals surface area contributed by atoms with E-state index in [9.17, 15) is 18.0 Å². The number of nitrogens with zero attached hydrogens (tertiary/aromatic N) is 3. The molecule has 0 aliphatic heterocycles. The van der Waals surface area contributed by atoms with E-state index in [0.29, 0.717) is 11.4 Å². The third-order valence-electron chi connectivity index (χ3n) is 3.55. The molecule has 24 heavy (non-hydrogen) atoms. The molecule has 0 spiro atoms. The second kappa shape index (κ2) is 6.50. The van der Waals surface area contributed by atoms with E-state index in [1.165, 1.54) is 7.05 Å². The number of aryl methyl sites for hydroxylation is 4. The minimum atomic E-state index is -4.52. The number of halogens is 3. The number of rotatable bonds is 3. The van der Waals surface area contributed by atoms with Crippen LogP contribution in [0.1, 0.15) is 28.2 Å². The van der Waals surface area contributed by atoms with Crippen molar-refractivity contribution in [3.8, 4) is 0 Å². The molecule has 2 amide bonds. The van der Waals surface area contributed by atoms with Gasteiger partial charge in [-0.2, -0.15) is 18.3 Å². The first-order valence-corrected chi connectivity index (χ1v) is 7.17. The van der Waals surface area contributed by atoms with Gasteiger partial charge in [-0.3, -0.25) is 9.67 Å². The number of amides is 2. The van der Waals surface area contributed by atoms with Gasteiger partial charge in [0.15, 0.2) is 0 Å². The van der Waals surface area contributed by atoms with Crippen molar-refractivity contribution in [3.63, 3.8) is 0 Å². The molecule has 2 N–H and O–H groups in total. The lowest BCUT2D eigenvalue weighted by Gasteiger charge is -2.14. The Morgan fingerprint density at radius 2 is 1.96 bits per heavy atom. The first kappa shape index (κ1) is 17.8. The van der Waals surface area contributed by atoms with Crippen LogP contribution in [0.2, 0.25) is 0 Å². The molecule has 130 valence electrons. The largest absolute Gasteiger partial charge is 0.419 e. The fourth-order valence-electron chi connectivity index (χ4n) is 2.44. The minimum Gasteiger partial charge on any atom is -0.332 e. The van der Waals surface area contributed by atoms with Crippen molar-refractivity contribution in [2.75, 3.05) is 5.32 Å². The molecular weight excluding hydrogens is 323 g/mol. The Morgan fingerprint density at radius 3 is 2.54 bits per heavy atom. The van der Waals surface area contributed by atoms with Gasteiger partial charge in [0.2, 0.25) is 0 Å². The van der Waals surface area contributed by atoms with Crippen LogP contribution >= 0.6 is 0 Å². The van der Waals surface area contributed by atoms with Gasteiger partial charge in [0.25, 0.3) is 0 Å². The Hall–Kier alpha value is -2.58. The third-order valence-corrected chi connectivity index (χ3v) is 3.55. The summed E-state index contributed by atoms with van der Waals surface area (Å²) in [7, 11) is 1.39. The van der Waals surface area contributed by atoms with Gasteiger partial charge in [0.05, 0.1) is 35.4 Å². The Balaban J connectivity index is 2.09. The maximum absolute atomic E-state index is 12.9. The molecule has 0 aliphatic carbocycles. The van der Waals surface area contributed by atoms with Crippen LogP contribution in [0.3, 0.4) is 0 Å². The number of alkyl halides is 3. The number of pyridine rings is 1. The van der Waals surface area contributed by atoms with E-state index in [0.717, 1.165) is 22.1 Å². The molecule has 0 bridgehead atoms. The van der Waals surface area contributed by atoms with Crippen molar-refractivity contribution < 1.29 is 18.0 Å². The molecule has 2 heterocycles. The Bertz CT molecular complexity index is 744. The van der Waals surface area contributed by atoms with Crippen molar-refractivity contribution in [3.05, 3.63) is 40.5 Å². The zero-order valence-electron chi connectivity index (χ0n) is 13.7. The predicted octanol–water partition coefficient (Wildman–Crippen LogP) is 3.08. The van der Waals surface area contributed by atoms with Crippen molar-refractivity contribution in [1.29, 1.82) is 0 Å². The van der Waals surface area contributed by atoms with Crippen molar-refractivity contribution in [2.24, 2.45) is 7.05 Å². The van der Waals surface area contributed by atoms with Crippen molar-refractivity contribution in [2.45, 2.75) is 33.5 Å². The Kier molecular flexibility index (Phi) is 4.81. The number of hydrogen-bond acceptors (Lipinski definition) is 3. The lowest BCUT2D eigenvalue weighted by Crippen LogP contribution is -2.30. The van der Waals surface area contributed by atoms with Gasteiger partial charge in [0.1, 0.15) is 0 Å². The van der Waals surface area contributed by atoms with Crippen LogP contribution in [0.25, 0.3) is 0 Å². The molecule has 2 aromatic heterocycles. The standard InChI is InChI=1S/C15H18F3N5O/c1-8-5-9(2)21-10(3)13(8)22-14(24)19-7-12-11(15(16,17)18)6-20-23(12)4/h5-6H,7H2,1-4H3,(H2,19,22,24). The maximum atomic E-state index is 12.9. The van der Waals surface area contributed by atoms with E-state index >= 15 is 0 Å². The maximum Gasteiger partial charge on any atom is 0.419 e. The molecule has 0 atom stereocenters. The molecule has 0 aliphatic rings. The van der Waals surface area contributed by atoms with Gasteiger partial charge >= 0.3 is 12.2 Å². The number of anilines is 1. The molecule has 6 nitrogen and oxygen atoms in total. The monoisotopic (exact) mass is 341 g/mol. The van der Waals surface area contributed by atoms with Crippen LogP contribution in [-0.4, -0.2) is 20.8 Å². The molecule has 2 aromatic rings. The number of hydrogen-bond donors (Lipinski definition) is 2. The number of aromatic nitrogens is 3. The summed E-state index contributed by atoms with van der Waals surface area (Å²) < 4.78 is 39.8. The zero-order chi connectivity index (χ0) is 18.1. The summed E-state index contributed by atoms with van der Waals surface area (Å²) in [6.45, 7) is 5.11. The highest BCUT2D eigenvalue weighted by atomic mass is 19.4. The second-order valence-corrected chi connectivity index (χ2v) is 5.47. The van der Waals surface area contributed by atoms with Gasteiger partial charge in [-0.15, -0.1) is 0 Å². The topological polar surface area (TPSA) is 71.8 Å². The van der Waals surface area contributed by atoms with Gasteiger partial charge in [-0.05, 0) is 32.4 Å². The molecule has 0 aromatic carbocycles. The molecule has 0 saturated heterocycles. The fraction of sp³-hybridized carbons (Fsp3) is 0.400. The van der Waals surface area contributed by atoms with Crippen molar-refractivity contribution >= 4 is 11.7 Å². The molecular formula is C15H18F3N5O. The Morgan fingerprint density at radius 1 is 1.29 bits per heavy atom. The van der Waals surface area contributed by atoms with E-state index in [1.807, 2.05) is 19.9 Å². The second-order valence-electron chi connectivity index (χ2n) is 5.47. The van der Waals surface area contributed by atoms with E-state index < -0.39 is 17.8 Å². The highest BCUT2D eigenvalue weighted by molar-refractivity contribution is 5.90. The first-order valence-electron chi connectivity index (χ1n) is 7.17. The highest BCUT2D eigenvalue weighted by Gasteiger charge is 2.35. The quantitative estimate of drug-likeness (QED) is 0.901. The average molecular weight is 341 g/mol. The van der Waals surface area contributed by atoms with Gasteiger partial charge in [-0.25, -0.2) is 4.79 Å². The molecule has 0 radical (unpaired) electrons. The number of urea groups is 1. The van der Waals surface area contributed by atoms with E-state index in [2.05, 4.69) is 20.7 Å². The normalized spacial score (nSPS) is 11.5. The van der Waals surface area contributed by atoms with Crippen LogP contribution in [-0.2, 0) is 19.8 Å². The van der Waals surface area contributed by atoms with Crippen LogP contribution in [0.15, 0.2) is 12.3 Å². The summed E-state index contributed by atoms with van der Waals surface area (Å²) in [5.74, 6) is 0. The lowest BCUT2D eigenvalue weighted by molar-refractivity contribution is -0.138. The summed E-state index contributed by atoms with van der Waals surface area (Å²) in [6, 6.07) is 1.20. The van der Waals surface area contributed by atoms with E-state index in [4.69, 9.17) is 0 Å². The molecule has 2 rings (SSSR count). The fourth-order valence-corrected chi connectivity index (χ4v) is 2.44. The van der Waals surface area contributed by atoms with Gasteiger partial charge in [-0.1, -0.05) is 0 Å². The summed E-state index contributed by atoms with van der Waals surface area (Å²) in [5, 5.41) is 8.64. The molecule has 9 heteroatoms. The SMILES string of the molecule is Cc1cc(C)c(NC(=O)NCc2c(C(F)(F)F)cnn2C)c(C)n1. The predicted molar refractivity (Wildman–Crippen MR) is 82.5 cm³/mol. The summed E-state index contributed by atoms with van der Waals surface area (Å²) in [6.07, 6.45) is -3.77. The van der Waals surface area contributed by atoms with Crippen LogP contribution in [0.4, 0.5) is 23.7 Å². The van der Waals surface area contributed by atoms with Crippen molar-refractivity contribution in [1.82, 2.24) is 20.1 Å². The molecule has 0 saturated carbocycles. The molecule has 0 fully saturated rings. The first-order chi connectivity index (χ1) is 11.1. The number of nitrogens with one attached hydrogen (secondary N) is 2. The van der Waals surface area contributed by atoms with Gasteiger partial charge in [0, 0.05) is 12.7 Å². The summed E-state index contributed by atoms with van der Waals surface area (Å²) in [5.41, 5.74) is 1.84. The number of carbonyl (C=O) groups excluding carboxylic acids is 1. The van der Waals surface area contributed by atoms with E-state index in [-0.39, 0.29) is 12.2 Å². The average Bonchev–Trinajstić information content (AvgIpc) is 2.81. The Labute approximate surface area is 137 Å². The smallest absolute Gasteiger partial charge is 0.332 e. The van der Waals surface area contributed by atoms with Crippen LogP contribution < -0.4 is 10.6 Å². The lowest BCUT2D eigenvalue weighted by atomic mass is 10.1. The number of carbonyl (C=O) groups is 1. The summed E-state index contributed by atoms with van der Waals surface area (Å²) >= 11 is 0. The van der Waals surface area contributed by atoms with Crippen LogP contribution in [0, 0.1) is 20.8 Å². The van der Waals surface area contributed by atoms with E-state index in [1.54, 1.807) is 6.92 Å². The van der Waals surface area contributed by atoms with Gasteiger partial charge < -0.3 is 10.6 Å². The molecule has 0 unspecified atom stereocenters.